The summed E-state index contributed by atoms with van der Waals surface area (Å²) in [6.07, 6.45) is 0. The number of imidazole rings is 1. The van der Waals surface area contributed by atoms with Crippen LogP contribution in [0.15, 0.2) is 66.7 Å². The quantitative estimate of drug-likeness (QED) is 0.472. The van der Waals surface area contributed by atoms with Crippen LogP contribution in [-0.4, -0.2) is 9.71 Å². The average Bonchev–Trinajstić information content (AvgIpc) is 2.98. The Hall–Kier alpha value is -2.78. The van der Waals surface area contributed by atoms with E-state index in [-0.39, 0.29) is 0 Å². The van der Waals surface area contributed by atoms with Crippen LogP contribution in [0.2, 0.25) is 5.02 Å². The molecule has 3 aromatic carbocycles. The monoisotopic (exact) mass is 362 g/mol. The van der Waals surface area contributed by atoms with Gasteiger partial charge in [-0.2, -0.15) is 4.73 Å². The lowest BCUT2D eigenvalue weighted by molar-refractivity contribution is 0.110. The lowest BCUT2D eigenvalue weighted by Crippen LogP contribution is -2.12. The van der Waals surface area contributed by atoms with E-state index in [4.69, 9.17) is 21.4 Å². The Morgan fingerprint density at radius 1 is 0.923 bits per heavy atom. The van der Waals surface area contributed by atoms with Crippen molar-refractivity contribution in [2.45, 2.75) is 20.5 Å². The van der Waals surface area contributed by atoms with Crippen LogP contribution in [0.1, 0.15) is 16.7 Å². The van der Waals surface area contributed by atoms with Gasteiger partial charge in [-0.3, -0.25) is 0 Å². The maximum atomic E-state index is 6.19. The molecule has 26 heavy (non-hydrogen) atoms. The van der Waals surface area contributed by atoms with Crippen molar-refractivity contribution in [3.05, 3.63) is 88.4 Å². The largest absolute Gasteiger partial charge is 0.407 e. The van der Waals surface area contributed by atoms with Crippen LogP contribution in [0.5, 0.6) is 0 Å². The number of hydrogen-bond acceptors (Lipinski definition) is 2. The summed E-state index contributed by atoms with van der Waals surface area (Å²) in [5, 5.41) is 0.701. The summed E-state index contributed by atoms with van der Waals surface area (Å²) < 4.78 is 1.82. The highest BCUT2D eigenvalue weighted by Gasteiger charge is 2.14. The molecule has 0 saturated carbocycles. The van der Waals surface area contributed by atoms with E-state index in [9.17, 15) is 0 Å². The fourth-order valence-corrected chi connectivity index (χ4v) is 3.33. The van der Waals surface area contributed by atoms with Crippen molar-refractivity contribution < 1.29 is 4.84 Å². The number of halogens is 1. The van der Waals surface area contributed by atoms with Crippen LogP contribution in [0.3, 0.4) is 0 Å². The van der Waals surface area contributed by atoms with E-state index < -0.39 is 0 Å². The molecule has 130 valence electrons. The summed E-state index contributed by atoms with van der Waals surface area (Å²) in [5.74, 6) is 0.771. The first-order valence-corrected chi connectivity index (χ1v) is 8.92. The zero-order valence-corrected chi connectivity index (χ0v) is 15.5. The summed E-state index contributed by atoms with van der Waals surface area (Å²) in [6, 6.07) is 22.1. The van der Waals surface area contributed by atoms with E-state index >= 15 is 0 Å². The van der Waals surface area contributed by atoms with Gasteiger partial charge in [0.25, 0.3) is 0 Å². The van der Waals surface area contributed by atoms with E-state index in [2.05, 4.69) is 32.0 Å². The molecular weight excluding hydrogens is 344 g/mol. The standard InChI is InChI=1S/C22H19ClN2O/c1-15-11-16(2)13-17(12-15)14-26-25-21-6-4-3-5-20(21)24-22(25)18-7-9-19(23)10-8-18/h3-13H,14H2,1-2H3. The molecule has 0 aliphatic carbocycles. The van der Waals surface area contributed by atoms with Gasteiger partial charge in [0.2, 0.25) is 0 Å². The van der Waals surface area contributed by atoms with Crippen molar-refractivity contribution in [3.63, 3.8) is 0 Å². The molecule has 3 nitrogen and oxygen atoms in total. The second-order valence-corrected chi connectivity index (χ2v) is 6.93. The van der Waals surface area contributed by atoms with Gasteiger partial charge in [-0.05, 0) is 55.8 Å². The predicted octanol–water partition coefficient (Wildman–Crippen LogP) is 5.60. The van der Waals surface area contributed by atoms with E-state index in [1.54, 1.807) is 0 Å². The van der Waals surface area contributed by atoms with Gasteiger partial charge in [0.15, 0.2) is 5.82 Å². The number of aromatic nitrogens is 2. The number of rotatable bonds is 4. The van der Waals surface area contributed by atoms with Gasteiger partial charge in [0.05, 0.1) is 5.52 Å². The van der Waals surface area contributed by atoms with Crippen molar-refractivity contribution in [1.29, 1.82) is 0 Å². The average molecular weight is 363 g/mol. The Morgan fingerprint density at radius 3 is 2.35 bits per heavy atom. The fourth-order valence-electron chi connectivity index (χ4n) is 3.21. The van der Waals surface area contributed by atoms with E-state index in [1.807, 2.05) is 53.3 Å². The molecule has 4 aromatic rings. The molecule has 0 bridgehead atoms. The lowest BCUT2D eigenvalue weighted by Gasteiger charge is -2.12. The number of para-hydroxylation sites is 2. The highest BCUT2D eigenvalue weighted by Crippen LogP contribution is 2.25. The highest BCUT2D eigenvalue weighted by atomic mass is 35.5. The first-order valence-electron chi connectivity index (χ1n) is 8.54. The van der Waals surface area contributed by atoms with E-state index in [0.29, 0.717) is 11.6 Å². The molecule has 4 rings (SSSR count). The molecule has 0 atom stereocenters. The maximum Gasteiger partial charge on any atom is 0.176 e. The van der Waals surface area contributed by atoms with Crippen molar-refractivity contribution in [2.75, 3.05) is 0 Å². The molecule has 0 fully saturated rings. The third-order valence-electron chi connectivity index (χ3n) is 4.26. The van der Waals surface area contributed by atoms with Gasteiger partial charge in [-0.15, -0.1) is 0 Å². The van der Waals surface area contributed by atoms with E-state index in [0.717, 1.165) is 28.0 Å². The van der Waals surface area contributed by atoms with Gasteiger partial charge in [-0.25, -0.2) is 4.98 Å². The third kappa shape index (κ3) is 3.31. The number of benzene rings is 3. The molecule has 0 aliphatic rings. The van der Waals surface area contributed by atoms with Crippen LogP contribution in [0.25, 0.3) is 22.4 Å². The molecular formula is C22H19ClN2O. The number of nitrogens with zero attached hydrogens (tertiary/aromatic N) is 2. The van der Waals surface area contributed by atoms with Crippen molar-refractivity contribution in [2.24, 2.45) is 0 Å². The molecule has 4 heteroatoms. The zero-order chi connectivity index (χ0) is 18.1. The zero-order valence-electron chi connectivity index (χ0n) is 14.7. The van der Waals surface area contributed by atoms with Crippen molar-refractivity contribution in [1.82, 2.24) is 9.71 Å². The first-order chi connectivity index (χ1) is 12.6. The van der Waals surface area contributed by atoms with Crippen LogP contribution in [0, 0.1) is 13.8 Å². The SMILES string of the molecule is Cc1cc(C)cc(COn2c(-c3ccc(Cl)cc3)nc3ccccc32)c1. The molecule has 1 aromatic heterocycles. The van der Waals surface area contributed by atoms with Crippen molar-refractivity contribution >= 4 is 22.6 Å². The molecule has 0 spiro atoms. The minimum absolute atomic E-state index is 0.476. The summed E-state index contributed by atoms with van der Waals surface area (Å²) in [4.78, 5) is 10.9. The molecule has 0 N–H and O–H groups in total. The normalized spacial score (nSPS) is 11.0. The van der Waals surface area contributed by atoms with Crippen LogP contribution < -0.4 is 4.84 Å². The van der Waals surface area contributed by atoms with Crippen LogP contribution in [-0.2, 0) is 6.61 Å². The van der Waals surface area contributed by atoms with Crippen LogP contribution >= 0.6 is 11.6 Å². The number of hydrogen-bond donors (Lipinski definition) is 0. The number of fused-ring (bicyclic) bond motifs is 1. The Bertz CT molecular complexity index is 1050. The minimum atomic E-state index is 0.476. The van der Waals surface area contributed by atoms with Gasteiger partial charge >= 0.3 is 0 Å². The van der Waals surface area contributed by atoms with Crippen molar-refractivity contribution in [3.8, 4) is 11.4 Å². The lowest BCUT2D eigenvalue weighted by atomic mass is 10.1. The van der Waals surface area contributed by atoms with Gasteiger partial charge in [0, 0.05) is 10.6 Å². The first kappa shape index (κ1) is 16.7. The van der Waals surface area contributed by atoms with Gasteiger partial charge < -0.3 is 4.84 Å². The van der Waals surface area contributed by atoms with Gasteiger partial charge in [-0.1, -0.05) is 53.1 Å². The number of aryl methyl sites for hydroxylation is 2. The topological polar surface area (TPSA) is 27.1 Å². The molecule has 0 amide bonds. The Morgan fingerprint density at radius 2 is 1.62 bits per heavy atom. The summed E-state index contributed by atoms with van der Waals surface area (Å²) >= 11 is 6.03. The predicted molar refractivity (Wildman–Crippen MR) is 106 cm³/mol. The second-order valence-electron chi connectivity index (χ2n) is 6.49. The summed E-state index contributed by atoms with van der Waals surface area (Å²) in [5.41, 5.74) is 6.42. The third-order valence-corrected chi connectivity index (χ3v) is 4.52. The van der Waals surface area contributed by atoms with Gasteiger partial charge in [0.1, 0.15) is 12.1 Å². The smallest absolute Gasteiger partial charge is 0.176 e. The Balaban J connectivity index is 1.75. The molecule has 0 unspecified atom stereocenters. The van der Waals surface area contributed by atoms with E-state index in [1.165, 1.54) is 11.1 Å². The molecule has 0 aliphatic heterocycles. The molecule has 1 heterocycles. The second kappa shape index (κ2) is 6.85. The Kier molecular flexibility index (Phi) is 4.39. The maximum absolute atomic E-state index is 6.19. The summed E-state index contributed by atoms with van der Waals surface area (Å²) in [6.45, 7) is 4.67. The Labute approximate surface area is 157 Å². The molecule has 0 radical (unpaired) electrons. The summed E-state index contributed by atoms with van der Waals surface area (Å²) in [7, 11) is 0. The van der Waals surface area contributed by atoms with Crippen LogP contribution in [0.4, 0.5) is 0 Å². The fraction of sp³-hybridized carbons (Fsp3) is 0.136. The highest BCUT2D eigenvalue weighted by molar-refractivity contribution is 6.30. The minimum Gasteiger partial charge on any atom is -0.407 e. The molecule has 0 saturated heterocycles.